The first kappa shape index (κ1) is 12.4. The maximum atomic E-state index is 12.0. The normalized spacial score (nSPS) is 17.2. The molecule has 1 unspecified atom stereocenters. The summed E-state index contributed by atoms with van der Waals surface area (Å²) in [5.41, 5.74) is 2.68. The maximum Gasteiger partial charge on any atom is 0.220 e. The number of aryl methyl sites for hydroxylation is 2. The van der Waals surface area contributed by atoms with E-state index in [0.717, 1.165) is 19.3 Å². The highest BCUT2D eigenvalue weighted by molar-refractivity contribution is 7.09. The van der Waals surface area contributed by atoms with Crippen molar-refractivity contribution < 1.29 is 4.79 Å². The van der Waals surface area contributed by atoms with Crippen molar-refractivity contribution in [3.8, 4) is 0 Å². The second kappa shape index (κ2) is 5.57. The molecule has 1 aliphatic carbocycles. The maximum absolute atomic E-state index is 12.0. The Morgan fingerprint density at radius 3 is 3.00 bits per heavy atom. The molecule has 1 atom stereocenters. The molecule has 1 heterocycles. The smallest absolute Gasteiger partial charge is 0.220 e. The van der Waals surface area contributed by atoms with Crippen molar-refractivity contribution in [2.45, 2.75) is 31.7 Å². The van der Waals surface area contributed by atoms with Crippen molar-refractivity contribution >= 4 is 17.2 Å². The third-order valence-corrected chi connectivity index (χ3v) is 4.58. The fraction of sp³-hybridized carbons (Fsp3) is 0.312. The third kappa shape index (κ3) is 2.87. The number of fused-ring (bicyclic) bond motifs is 1. The average Bonchev–Trinajstić information content (AvgIpc) is 3.07. The second-order valence-electron chi connectivity index (χ2n) is 4.94. The van der Waals surface area contributed by atoms with E-state index in [1.54, 1.807) is 11.3 Å². The Hall–Kier alpha value is -1.61. The highest BCUT2D eigenvalue weighted by atomic mass is 32.1. The predicted molar refractivity (Wildman–Crippen MR) is 78.3 cm³/mol. The van der Waals surface area contributed by atoms with Crippen LogP contribution in [-0.2, 0) is 17.6 Å². The number of thiophene rings is 1. The summed E-state index contributed by atoms with van der Waals surface area (Å²) in [5, 5.41) is 5.22. The lowest BCUT2D eigenvalue weighted by Gasteiger charge is -2.13. The average molecular weight is 271 g/mol. The van der Waals surface area contributed by atoms with Crippen LogP contribution in [0.4, 0.5) is 0 Å². The van der Waals surface area contributed by atoms with Gasteiger partial charge in [0.25, 0.3) is 0 Å². The van der Waals surface area contributed by atoms with E-state index in [0.29, 0.717) is 6.42 Å². The summed E-state index contributed by atoms with van der Waals surface area (Å²) >= 11 is 1.72. The summed E-state index contributed by atoms with van der Waals surface area (Å²) < 4.78 is 0. The molecule has 1 aliphatic rings. The van der Waals surface area contributed by atoms with Gasteiger partial charge in [0.05, 0.1) is 6.04 Å². The van der Waals surface area contributed by atoms with Crippen LogP contribution in [-0.4, -0.2) is 5.91 Å². The molecule has 2 aromatic rings. The molecule has 1 amide bonds. The molecule has 19 heavy (non-hydrogen) atoms. The van der Waals surface area contributed by atoms with Gasteiger partial charge in [0, 0.05) is 11.3 Å². The molecule has 1 N–H and O–H groups in total. The fourth-order valence-electron chi connectivity index (χ4n) is 2.67. The van der Waals surface area contributed by atoms with Crippen LogP contribution < -0.4 is 5.32 Å². The van der Waals surface area contributed by atoms with Gasteiger partial charge in [-0.05, 0) is 41.8 Å². The Labute approximate surface area is 117 Å². The van der Waals surface area contributed by atoms with Gasteiger partial charge >= 0.3 is 0 Å². The minimum atomic E-state index is 0.162. The molecule has 0 bridgehead atoms. The SMILES string of the molecule is O=C(CCc1cccs1)NC1CCc2ccccc21. The first-order valence-electron chi connectivity index (χ1n) is 6.72. The molecular formula is C16H17NOS. The topological polar surface area (TPSA) is 29.1 Å². The number of carbonyl (C=O) groups is 1. The lowest BCUT2D eigenvalue weighted by Crippen LogP contribution is -2.27. The van der Waals surface area contributed by atoms with E-state index in [4.69, 9.17) is 0 Å². The van der Waals surface area contributed by atoms with Crippen LogP contribution in [0.1, 0.15) is 34.9 Å². The van der Waals surface area contributed by atoms with Crippen LogP contribution in [0.3, 0.4) is 0 Å². The largest absolute Gasteiger partial charge is 0.349 e. The molecule has 0 fully saturated rings. The first-order valence-corrected chi connectivity index (χ1v) is 7.60. The van der Waals surface area contributed by atoms with Crippen molar-refractivity contribution in [1.82, 2.24) is 5.32 Å². The summed E-state index contributed by atoms with van der Waals surface area (Å²) in [6.45, 7) is 0. The fourth-order valence-corrected chi connectivity index (χ4v) is 3.37. The van der Waals surface area contributed by atoms with Crippen molar-refractivity contribution in [1.29, 1.82) is 0 Å². The summed E-state index contributed by atoms with van der Waals surface area (Å²) in [7, 11) is 0. The zero-order chi connectivity index (χ0) is 13.1. The number of rotatable bonds is 4. The quantitative estimate of drug-likeness (QED) is 0.906. The molecule has 98 valence electrons. The first-order chi connectivity index (χ1) is 9.33. The molecule has 0 saturated heterocycles. The highest BCUT2D eigenvalue weighted by Gasteiger charge is 2.22. The van der Waals surface area contributed by atoms with Crippen LogP contribution in [0.15, 0.2) is 41.8 Å². The van der Waals surface area contributed by atoms with Gasteiger partial charge < -0.3 is 5.32 Å². The van der Waals surface area contributed by atoms with Gasteiger partial charge in [-0.1, -0.05) is 30.3 Å². The Kier molecular flexibility index (Phi) is 3.65. The molecule has 1 aromatic carbocycles. The molecule has 3 heteroatoms. The van der Waals surface area contributed by atoms with Gasteiger partial charge in [-0.3, -0.25) is 4.79 Å². The molecule has 0 saturated carbocycles. The van der Waals surface area contributed by atoms with Gasteiger partial charge in [0.2, 0.25) is 5.91 Å². The van der Waals surface area contributed by atoms with E-state index < -0.39 is 0 Å². The highest BCUT2D eigenvalue weighted by Crippen LogP contribution is 2.30. The number of nitrogens with one attached hydrogen (secondary N) is 1. The summed E-state index contributed by atoms with van der Waals surface area (Å²) in [6, 6.07) is 12.7. The zero-order valence-corrected chi connectivity index (χ0v) is 11.6. The third-order valence-electron chi connectivity index (χ3n) is 3.65. The van der Waals surface area contributed by atoms with E-state index in [1.807, 2.05) is 6.07 Å². The van der Waals surface area contributed by atoms with Crippen LogP contribution in [0, 0.1) is 0 Å². The number of carbonyl (C=O) groups excluding carboxylic acids is 1. The van der Waals surface area contributed by atoms with E-state index in [2.05, 4.69) is 41.0 Å². The molecule has 0 radical (unpaired) electrons. The molecule has 3 rings (SSSR count). The van der Waals surface area contributed by atoms with Crippen molar-refractivity contribution in [2.75, 3.05) is 0 Å². The van der Waals surface area contributed by atoms with Crippen LogP contribution >= 0.6 is 11.3 Å². The second-order valence-corrected chi connectivity index (χ2v) is 5.97. The lowest BCUT2D eigenvalue weighted by molar-refractivity contribution is -0.121. The van der Waals surface area contributed by atoms with Gasteiger partial charge in [-0.15, -0.1) is 11.3 Å². The Bertz CT molecular complexity index is 562. The van der Waals surface area contributed by atoms with E-state index >= 15 is 0 Å². The predicted octanol–water partition coefficient (Wildman–Crippen LogP) is 3.48. The van der Waals surface area contributed by atoms with Crippen molar-refractivity contribution in [2.24, 2.45) is 0 Å². The molecular weight excluding hydrogens is 254 g/mol. The monoisotopic (exact) mass is 271 g/mol. The van der Waals surface area contributed by atoms with Gasteiger partial charge in [0.1, 0.15) is 0 Å². The Balaban J connectivity index is 1.56. The van der Waals surface area contributed by atoms with Crippen LogP contribution in [0.2, 0.25) is 0 Å². The number of amides is 1. The lowest BCUT2D eigenvalue weighted by atomic mass is 10.1. The zero-order valence-electron chi connectivity index (χ0n) is 10.8. The molecule has 0 aliphatic heterocycles. The van der Waals surface area contributed by atoms with E-state index in [-0.39, 0.29) is 11.9 Å². The van der Waals surface area contributed by atoms with Crippen molar-refractivity contribution in [3.05, 3.63) is 57.8 Å². The van der Waals surface area contributed by atoms with Gasteiger partial charge in [-0.2, -0.15) is 0 Å². The Morgan fingerprint density at radius 2 is 2.16 bits per heavy atom. The van der Waals surface area contributed by atoms with E-state index in [9.17, 15) is 4.79 Å². The minimum absolute atomic E-state index is 0.162. The van der Waals surface area contributed by atoms with Crippen LogP contribution in [0.25, 0.3) is 0 Å². The Morgan fingerprint density at radius 1 is 1.26 bits per heavy atom. The molecule has 2 nitrogen and oxygen atoms in total. The summed E-state index contributed by atoms with van der Waals surface area (Å²) in [6.07, 6.45) is 3.53. The summed E-state index contributed by atoms with van der Waals surface area (Å²) in [5.74, 6) is 0.162. The summed E-state index contributed by atoms with van der Waals surface area (Å²) in [4.78, 5) is 13.3. The van der Waals surface area contributed by atoms with Gasteiger partial charge in [-0.25, -0.2) is 0 Å². The van der Waals surface area contributed by atoms with E-state index in [1.165, 1.54) is 16.0 Å². The van der Waals surface area contributed by atoms with Gasteiger partial charge in [0.15, 0.2) is 0 Å². The van der Waals surface area contributed by atoms with Crippen LogP contribution in [0.5, 0.6) is 0 Å². The minimum Gasteiger partial charge on any atom is -0.349 e. The molecule has 0 spiro atoms. The standard InChI is InChI=1S/C16H17NOS/c18-16(10-8-13-5-3-11-19-13)17-15-9-7-12-4-1-2-6-14(12)15/h1-6,11,15H,7-10H2,(H,17,18). The van der Waals surface area contributed by atoms with Crippen molar-refractivity contribution in [3.63, 3.8) is 0 Å². The number of benzene rings is 1. The number of hydrogen-bond acceptors (Lipinski definition) is 2. The number of hydrogen-bond donors (Lipinski definition) is 1. The molecule has 1 aromatic heterocycles.